The standard InChI is InChI=1S/C22H30N4O4S2/c1-15(2)22-23-16(3)20(31-22)21(27)24-18-14-17(6-7-19(18)25-8-4-5-9-25)32(28,29)26-10-12-30-13-11-26/h6-7,14-15H,4-5,8-13H2,1-3H3,(H,24,27). The molecule has 0 spiro atoms. The second-order valence-electron chi connectivity index (χ2n) is 8.47. The van der Waals surface area contributed by atoms with Gasteiger partial charge in [0.15, 0.2) is 0 Å². The molecule has 0 aliphatic carbocycles. The van der Waals surface area contributed by atoms with E-state index in [9.17, 15) is 13.2 Å². The molecule has 0 bridgehead atoms. The fraction of sp³-hybridized carbons (Fsp3) is 0.545. The van der Waals surface area contributed by atoms with Gasteiger partial charge in [-0.25, -0.2) is 13.4 Å². The van der Waals surface area contributed by atoms with Crippen LogP contribution >= 0.6 is 11.3 Å². The van der Waals surface area contributed by atoms with Crippen LogP contribution in [0.15, 0.2) is 23.1 Å². The quantitative estimate of drug-likeness (QED) is 0.684. The first-order valence-corrected chi connectivity index (χ1v) is 13.3. The molecule has 2 fully saturated rings. The number of morpholine rings is 1. The maximum absolute atomic E-state index is 13.2. The summed E-state index contributed by atoms with van der Waals surface area (Å²) in [6.45, 7) is 9.13. The summed E-state index contributed by atoms with van der Waals surface area (Å²) in [7, 11) is -3.67. The van der Waals surface area contributed by atoms with Crippen LogP contribution in [0.25, 0.3) is 0 Å². The maximum Gasteiger partial charge on any atom is 0.267 e. The summed E-state index contributed by atoms with van der Waals surface area (Å²) in [5.74, 6) is -0.0179. The maximum atomic E-state index is 13.2. The average Bonchev–Trinajstić information content (AvgIpc) is 3.44. The van der Waals surface area contributed by atoms with Crippen molar-refractivity contribution in [3.63, 3.8) is 0 Å². The molecule has 1 aromatic carbocycles. The number of carbonyl (C=O) groups excluding carboxylic acids is 1. The van der Waals surface area contributed by atoms with Crippen molar-refractivity contribution in [1.29, 1.82) is 0 Å². The zero-order valence-electron chi connectivity index (χ0n) is 18.8. The minimum atomic E-state index is -3.67. The van der Waals surface area contributed by atoms with Gasteiger partial charge in [0.05, 0.1) is 40.2 Å². The van der Waals surface area contributed by atoms with Crippen molar-refractivity contribution in [2.24, 2.45) is 0 Å². The van der Waals surface area contributed by atoms with Crippen molar-refractivity contribution in [3.8, 4) is 0 Å². The highest BCUT2D eigenvalue weighted by Crippen LogP contribution is 2.34. The van der Waals surface area contributed by atoms with Gasteiger partial charge < -0.3 is 15.0 Å². The highest BCUT2D eigenvalue weighted by atomic mass is 32.2. The van der Waals surface area contributed by atoms with Crippen LogP contribution in [0.2, 0.25) is 0 Å². The Bertz CT molecular complexity index is 1090. The van der Waals surface area contributed by atoms with E-state index >= 15 is 0 Å². The lowest BCUT2D eigenvalue weighted by atomic mass is 10.2. The number of hydrogen-bond acceptors (Lipinski definition) is 7. The third kappa shape index (κ3) is 4.68. The smallest absolute Gasteiger partial charge is 0.267 e. The molecule has 4 rings (SSSR count). The summed E-state index contributed by atoms with van der Waals surface area (Å²) in [6.07, 6.45) is 2.15. The van der Waals surface area contributed by atoms with Crippen LogP contribution in [-0.4, -0.2) is 63.0 Å². The van der Waals surface area contributed by atoms with Crippen molar-refractivity contribution in [2.75, 3.05) is 49.6 Å². The van der Waals surface area contributed by atoms with Crippen LogP contribution in [0.4, 0.5) is 11.4 Å². The van der Waals surface area contributed by atoms with E-state index in [1.54, 1.807) is 12.1 Å². The summed E-state index contributed by atoms with van der Waals surface area (Å²) in [6, 6.07) is 5.05. The molecule has 32 heavy (non-hydrogen) atoms. The van der Waals surface area contributed by atoms with Gasteiger partial charge in [0, 0.05) is 32.1 Å². The summed E-state index contributed by atoms with van der Waals surface area (Å²) in [5.41, 5.74) is 2.06. The van der Waals surface area contributed by atoms with Crippen LogP contribution in [0, 0.1) is 6.92 Å². The largest absolute Gasteiger partial charge is 0.379 e. The molecule has 174 valence electrons. The topological polar surface area (TPSA) is 91.8 Å². The molecule has 0 atom stereocenters. The van der Waals surface area contributed by atoms with Gasteiger partial charge in [-0.1, -0.05) is 13.8 Å². The number of hydrogen-bond donors (Lipinski definition) is 1. The third-order valence-electron chi connectivity index (χ3n) is 5.78. The fourth-order valence-electron chi connectivity index (χ4n) is 4.00. The van der Waals surface area contributed by atoms with Crippen LogP contribution < -0.4 is 10.2 Å². The van der Waals surface area contributed by atoms with Crippen LogP contribution in [-0.2, 0) is 14.8 Å². The Balaban J connectivity index is 1.68. The zero-order valence-corrected chi connectivity index (χ0v) is 20.4. The Labute approximate surface area is 193 Å². The molecular weight excluding hydrogens is 448 g/mol. The van der Waals surface area contributed by atoms with Gasteiger partial charge in [0.25, 0.3) is 5.91 Å². The third-order valence-corrected chi connectivity index (χ3v) is 9.14. The first kappa shape index (κ1) is 23.2. The van der Waals surface area contributed by atoms with E-state index in [0.717, 1.165) is 36.6 Å². The SMILES string of the molecule is Cc1nc(C(C)C)sc1C(=O)Nc1cc(S(=O)(=O)N2CCOCC2)ccc1N1CCCC1. The van der Waals surface area contributed by atoms with E-state index < -0.39 is 10.0 Å². The van der Waals surface area contributed by atoms with E-state index in [4.69, 9.17) is 4.74 Å². The lowest BCUT2D eigenvalue weighted by Crippen LogP contribution is -2.40. The zero-order chi connectivity index (χ0) is 22.9. The summed E-state index contributed by atoms with van der Waals surface area (Å²) < 4.78 is 33.1. The van der Waals surface area contributed by atoms with E-state index in [2.05, 4.69) is 15.2 Å². The number of aromatic nitrogens is 1. The minimum absolute atomic E-state index is 0.182. The van der Waals surface area contributed by atoms with Gasteiger partial charge >= 0.3 is 0 Å². The van der Waals surface area contributed by atoms with Crippen molar-refractivity contribution in [2.45, 2.75) is 44.4 Å². The molecular formula is C22H30N4O4S2. The Morgan fingerprint density at radius 1 is 1.16 bits per heavy atom. The fourth-order valence-corrected chi connectivity index (χ4v) is 6.40. The number of amides is 1. The number of anilines is 2. The number of rotatable bonds is 6. The van der Waals surface area contributed by atoms with E-state index in [0.29, 0.717) is 42.6 Å². The van der Waals surface area contributed by atoms with Crippen molar-refractivity contribution in [3.05, 3.63) is 33.8 Å². The minimum Gasteiger partial charge on any atom is -0.379 e. The van der Waals surface area contributed by atoms with Gasteiger partial charge in [-0.2, -0.15) is 4.31 Å². The number of nitrogens with zero attached hydrogens (tertiary/aromatic N) is 3. The molecule has 1 N–H and O–H groups in total. The Kier molecular flexibility index (Phi) is 6.85. The number of aryl methyl sites for hydroxylation is 1. The summed E-state index contributed by atoms with van der Waals surface area (Å²) in [5, 5.41) is 3.91. The second-order valence-corrected chi connectivity index (χ2v) is 11.4. The molecule has 2 aliphatic heterocycles. The average molecular weight is 479 g/mol. The molecule has 1 aromatic heterocycles. The number of thiazole rings is 1. The second kappa shape index (κ2) is 9.46. The van der Waals surface area contributed by atoms with Gasteiger partial charge in [-0.15, -0.1) is 11.3 Å². The molecule has 8 nitrogen and oxygen atoms in total. The molecule has 2 saturated heterocycles. The van der Waals surface area contributed by atoms with Crippen LogP contribution in [0.1, 0.15) is 53.0 Å². The molecule has 0 saturated carbocycles. The molecule has 2 aromatic rings. The molecule has 3 heterocycles. The Morgan fingerprint density at radius 2 is 1.84 bits per heavy atom. The molecule has 0 unspecified atom stereocenters. The van der Waals surface area contributed by atoms with Gasteiger partial charge in [0.1, 0.15) is 4.88 Å². The van der Waals surface area contributed by atoms with Crippen LogP contribution in [0.3, 0.4) is 0 Å². The number of carbonyl (C=O) groups is 1. The predicted molar refractivity (Wildman–Crippen MR) is 126 cm³/mol. The lowest BCUT2D eigenvalue weighted by Gasteiger charge is -2.27. The van der Waals surface area contributed by atoms with E-state index in [1.165, 1.54) is 15.6 Å². The number of benzene rings is 1. The Hall–Kier alpha value is -2.01. The number of sulfonamides is 1. The highest BCUT2D eigenvalue weighted by Gasteiger charge is 2.28. The number of ether oxygens (including phenoxy) is 1. The Morgan fingerprint density at radius 3 is 2.47 bits per heavy atom. The normalized spacial score (nSPS) is 17.8. The first-order chi connectivity index (χ1) is 15.3. The van der Waals surface area contributed by atoms with E-state index in [-0.39, 0.29) is 16.7 Å². The van der Waals surface area contributed by atoms with Gasteiger partial charge in [0.2, 0.25) is 10.0 Å². The van der Waals surface area contributed by atoms with Crippen LogP contribution in [0.5, 0.6) is 0 Å². The molecule has 1 amide bonds. The van der Waals surface area contributed by atoms with Gasteiger partial charge in [-0.05, 0) is 38.0 Å². The predicted octanol–water partition coefficient (Wildman–Crippen LogP) is 3.45. The number of nitrogens with one attached hydrogen (secondary N) is 1. The highest BCUT2D eigenvalue weighted by molar-refractivity contribution is 7.89. The van der Waals surface area contributed by atoms with Crippen molar-refractivity contribution >= 4 is 38.6 Å². The van der Waals surface area contributed by atoms with Gasteiger partial charge in [-0.3, -0.25) is 4.79 Å². The van der Waals surface area contributed by atoms with Crippen molar-refractivity contribution < 1.29 is 17.9 Å². The summed E-state index contributed by atoms with van der Waals surface area (Å²) in [4.78, 5) is 20.6. The monoisotopic (exact) mass is 478 g/mol. The molecule has 2 aliphatic rings. The first-order valence-electron chi connectivity index (χ1n) is 11.0. The summed E-state index contributed by atoms with van der Waals surface area (Å²) >= 11 is 1.39. The van der Waals surface area contributed by atoms with Crippen molar-refractivity contribution in [1.82, 2.24) is 9.29 Å². The lowest BCUT2D eigenvalue weighted by molar-refractivity contribution is 0.0730. The molecule has 10 heteroatoms. The van der Waals surface area contributed by atoms with E-state index in [1.807, 2.05) is 26.8 Å². The molecule has 0 radical (unpaired) electrons.